The maximum absolute atomic E-state index is 14.9. The molecule has 0 spiro atoms. The predicted molar refractivity (Wildman–Crippen MR) is 336 cm³/mol. The number of benzene rings is 5. The van der Waals surface area contributed by atoms with Crippen molar-refractivity contribution in [3.05, 3.63) is 179 Å². The van der Waals surface area contributed by atoms with E-state index in [2.05, 4.69) is 42.5 Å². The van der Waals surface area contributed by atoms with Crippen LogP contribution in [0, 0.1) is 10.8 Å². The minimum atomic E-state index is -1.07. The van der Waals surface area contributed by atoms with Crippen molar-refractivity contribution in [1.82, 2.24) is 52.3 Å². The number of carbonyl (C=O) groups is 8. The number of likely N-dealkylation sites (N-methyl/N-ethyl adjacent to an activating group) is 2. The van der Waals surface area contributed by atoms with Crippen LogP contribution >= 0.6 is 0 Å². The Morgan fingerprint density at radius 2 is 0.784 bits per heavy atom. The van der Waals surface area contributed by atoms with Gasteiger partial charge in [0.2, 0.25) is 35.4 Å². The monoisotopic (exact) mass is 1200 g/mol. The summed E-state index contributed by atoms with van der Waals surface area (Å²) in [7, 11) is 3.28. The summed E-state index contributed by atoms with van der Waals surface area (Å²) in [4.78, 5) is 117. The molecule has 0 aromatic heterocycles. The first-order valence-corrected chi connectivity index (χ1v) is 30.2. The van der Waals surface area contributed by atoms with Gasteiger partial charge in [-0.2, -0.15) is 0 Å². The van der Waals surface area contributed by atoms with Gasteiger partial charge in [0, 0.05) is 36.3 Å². The van der Waals surface area contributed by atoms with E-state index >= 15 is 0 Å². The first-order valence-electron chi connectivity index (χ1n) is 30.2. The largest absolute Gasteiger partial charge is 0.374 e. The molecule has 0 saturated carbocycles. The lowest BCUT2D eigenvalue weighted by molar-refractivity contribution is -0.144. The highest BCUT2D eigenvalue weighted by atomic mass is 16.5. The molecule has 20 heteroatoms. The van der Waals surface area contributed by atoms with Gasteiger partial charge < -0.3 is 61.8 Å². The Kier molecular flexibility index (Phi) is 23.7. The molecule has 5 aromatic rings. The molecule has 2 fully saturated rings. The molecule has 2 aliphatic rings. The van der Waals surface area contributed by atoms with E-state index in [1.165, 1.54) is 34.1 Å². The molecule has 5 aromatic carbocycles. The number of nitrogens with one attached hydrogen (secondary N) is 8. The number of hydrogen-bond acceptors (Lipinski definition) is 12. The highest BCUT2D eigenvalue weighted by molar-refractivity contribution is 5.99. The van der Waals surface area contributed by atoms with Gasteiger partial charge in [0.1, 0.15) is 24.2 Å². The third-order valence-electron chi connectivity index (χ3n) is 16.1. The molecule has 20 nitrogen and oxygen atoms in total. The smallest absolute Gasteiger partial charge is 0.251 e. The van der Waals surface area contributed by atoms with Gasteiger partial charge in [-0.15, -0.1) is 0 Å². The van der Waals surface area contributed by atoms with Gasteiger partial charge in [-0.3, -0.25) is 38.4 Å². The van der Waals surface area contributed by atoms with E-state index in [9.17, 15) is 38.4 Å². The fourth-order valence-electron chi connectivity index (χ4n) is 10.7. The van der Waals surface area contributed by atoms with Gasteiger partial charge in [-0.25, -0.2) is 0 Å². The van der Waals surface area contributed by atoms with Crippen LogP contribution in [0.3, 0.4) is 0 Å². The van der Waals surface area contributed by atoms with Gasteiger partial charge >= 0.3 is 0 Å². The van der Waals surface area contributed by atoms with Crippen LogP contribution in [0.5, 0.6) is 0 Å². The number of nitrogens with zero attached hydrogens (tertiary/aromatic N) is 2. The second-order valence-electron chi connectivity index (χ2n) is 25.0. The van der Waals surface area contributed by atoms with E-state index in [1.807, 2.05) is 163 Å². The Hall–Kier alpha value is -8.30. The van der Waals surface area contributed by atoms with Crippen LogP contribution in [0.1, 0.15) is 123 Å². The zero-order valence-corrected chi connectivity index (χ0v) is 52.3. The quantitative estimate of drug-likeness (QED) is 0.0341. The molecule has 7 rings (SSSR count). The summed E-state index contributed by atoms with van der Waals surface area (Å²) in [6, 6.07) is 35.9. The summed E-state index contributed by atoms with van der Waals surface area (Å²) >= 11 is 0. The first kappa shape index (κ1) is 67.2. The fourth-order valence-corrected chi connectivity index (χ4v) is 10.7. The summed E-state index contributed by atoms with van der Waals surface area (Å²) in [6.07, 6.45) is 0.0848. The SMILES string of the molecule is CN[C@@H](C)C(=O)N[C@H](C(=O)N1C[C@@H](NC(=O)c2ccc(C(=O)N[C@H]3C[C@@H](C(=O)N[C@H](COCc4ccccc4)c4ccccc4)N(C(=O)[C@@H](NC(=O)[C@H](C)NC)C(C)(C)C)C3)cc2)C[C@H]1C(=O)N[C@H](COCc1ccccc1)c1ccccc1)C(C)(C)C. The molecule has 2 aliphatic heterocycles. The molecule has 88 heavy (non-hydrogen) atoms. The molecule has 0 aliphatic carbocycles. The topological polar surface area (TPSA) is 258 Å². The number of rotatable bonds is 26. The summed E-state index contributed by atoms with van der Waals surface area (Å²) in [5, 5.41) is 24.0. The highest BCUT2D eigenvalue weighted by Crippen LogP contribution is 2.30. The Morgan fingerprint density at radius 1 is 0.466 bits per heavy atom. The van der Waals surface area contributed by atoms with E-state index in [1.54, 1.807) is 27.9 Å². The predicted octanol–water partition coefficient (Wildman–Crippen LogP) is 5.51. The van der Waals surface area contributed by atoms with Crippen LogP contribution in [0.25, 0.3) is 0 Å². The van der Waals surface area contributed by atoms with Crippen LogP contribution in [-0.2, 0) is 51.5 Å². The number of amides is 8. The van der Waals surface area contributed by atoms with E-state index in [-0.39, 0.29) is 50.3 Å². The van der Waals surface area contributed by atoms with Crippen LogP contribution in [-0.4, -0.2) is 146 Å². The number of ether oxygens (including phenoxy) is 2. The van der Waals surface area contributed by atoms with Crippen molar-refractivity contribution in [2.75, 3.05) is 40.4 Å². The number of likely N-dealkylation sites (tertiary alicyclic amines) is 2. The van der Waals surface area contributed by atoms with Crippen molar-refractivity contribution < 1.29 is 47.8 Å². The number of carbonyl (C=O) groups excluding carboxylic acids is 8. The van der Waals surface area contributed by atoms with E-state index in [4.69, 9.17) is 9.47 Å². The van der Waals surface area contributed by atoms with E-state index in [0.29, 0.717) is 13.2 Å². The van der Waals surface area contributed by atoms with Gasteiger partial charge in [0.15, 0.2) is 0 Å². The second kappa shape index (κ2) is 31.1. The van der Waals surface area contributed by atoms with Crippen molar-refractivity contribution in [1.29, 1.82) is 0 Å². The third kappa shape index (κ3) is 18.4. The molecule has 8 amide bonds. The molecular formula is C68H88N10O10. The zero-order chi connectivity index (χ0) is 63.7. The zero-order valence-electron chi connectivity index (χ0n) is 52.3. The molecule has 0 unspecified atom stereocenters. The minimum Gasteiger partial charge on any atom is -0.374 e. The van der Waals surface area contributed by atoms with Gasteiger partial charge in [-0.05, 0) is 98.1 Å². The van der Waals surface area contributed by atoms with Crippen molar-refractivity contribution in [3.8, 4) is 0 Å². The van der Waals surface area contributed by atoms with Crippen LogP contribution in [0.15, 0.2) is 146 Å². The average Bonchev–Trinajstić information content (AvgIpc) is 4.16. The molecule has 8 N–H and O–H groups in total. The normalized spacial score (nSPS) is 18.8. The summed E-state index contributed by atoms with van der Waals surface area (Å²) < 4.78 is 12.3. The Labute approximate surface area is 517 Å². The van der Waals surface area contributed by atoms with Gasteiger partial charge in [0.05, 0.1) is 50.6 Å². The van der Waals surface area contributed by atoms with Gasteiger partial charge in [-0.1, -0.05) is 163 Å². The summed E-state index contributed by atoms with van der Waals surface area (Å²) in [6.45, 7) is 15.1. The number of hydrogen-bond donors (Lipinski definition) is 8. The Morgan fingerprint density at radius 3 is 1.09 bits per heavy atom. The van der Waals surface area contributed by atoms with E-state index in [0.717, 1.165) is 22.3 Å². The van der Waals surface area contributed by atoms with Crippen molar-refractivity contribution in [3.63, 3.8) is 0 Å². The summed E-state index contributed by atoms with van der Waals surface area (Å²) in [5.74, 6) is -3.76. The lowest BCUT2D eigenvalue weighted by atomic mass is 9.85. The van der Waals surface area contributed by atoms with Crippen LogP contribution < -0.4 is 42.5 Å². The molecule has 10 atom stereocenters. The molecule has 2 saturated heterocycles. The lowest BCUT2D eigenvalue weighted by Crippen LogP contribution is -2.59. The minimum absolute atomic E-state index is 0.0424. The van der Waals surface area contributed by atoms with Crippen molar-refractivity contribution in [2.24, 2.45) is 10.8 Å². The fraction of sp³-hybridized carbons (Fsp3) is 0.441. The third-order valence-corrected chi connectivity index (χ3v) is 16.1. The highest BCUT2D eigenvalue weighted by Gasteiger charge is 2.48. The van der Waals surface area contributed by atoms with Gasteiger partial charge in [0.25, 0.3) is 11.8 Å². The van der Waals surface area contributed by atoms with E-state index < -0.39 is 119 Å². The molecule has 0 radical (unpaired) electrons. The Bertz CT molecular complexity index is 2930. The van der Waals surface area contributed by atoms with Crippen molar-refractivity contribution in [2.45, 2.75) is 142 Å². The lowest BCUT2D eigenvalue weighted by Gasteiger charge is -2.36. The second-order valence-corrected chi connectivity index (χ2v) is 25.0. The summed E-state index contributed by atoms with van der Waals surface area (Å²) in [5.41, 5.74) is 2.30. The average molecular weight is 1210 g/mol. The maximum atomic E-state index is 14.9. The molecule has 2 heterocycles. The maximum Gasteiger partial charge on any atom is 0.251 e. The molecular weight excluding hydrogens is 1120 g/mol. The van der Waals surface area contributed by atoms with Crippen LogP contribution in [0.2, 0.25) is 0 Å². The standard InChI is InChI=1S/C68H88N10O10/c1-43(69-9)59(79)75-57(67(3,4)5)65(85)77-37-51(35-55(77)63(83)73-53(47-27-19-13-20-28-47)41-87-39-45-23-15-11-16-24-45)71-61(81)49-31-33-50(34-32-49)62(82)72-52-36-56(78(38-52)66(86)58(68(6,7)8)76-60(80)44(2)70-10)64(84)74-54(48-29-21-14-22-30-48)42-88-40-46-25-17-12-18-26-46/h11-34,43-44,51-58,69-70H,35-42H2,1-10H3,(H,71,81)(H,72,82)(H,73,83)(H,74,84)(H,75,79)(H,76,80)/t43-,44-,51-,52-,53+,54+,55-,56-,57+,58+/m0/s1. The molecule has 470 valence electrons. The molecule has 0 bridgehead atoms. The Balaban J connectivity index is 1.08. The van der Waals surface area contributed by atoms with Crippen molar-refractivity contribution >= 4 is 47.3 Å². The van der Waals surface area contributed by atoms with Crippen LogP contribution in [0.4, 0.5) is 0 Å². The first-order chi connectivity index (χ1) is 41.9.